The number of H-pyrrole nitrogens is 1. The molecule has 0 aliphatic rings. The van der Waals surface area contributed by atoms with Gasteiger partial charge in [-0.1, -0.05) is 24.3 Å². The van der Waals surface area contributed by atoms with E-state index in [4.69, 9.17) is 4.74 Å². The fourth-order valence-electron chi connectivity index (χ4n) is 3.09. The van der Waals surface area contributed by atoms with E-state index in [1.165, 1.54) is 17.0 Å². The number of aliphatic hydroxyl groups is 1. The van der Waals surface area contributed by atoms with Crippen molar-refractivity contribution in [3.8, 4) is 5.75 Å². The molecule has 1 heterocycles. The summed E-state index contributed by atoms with van der Waals surface area (Å²) in [5.41, 5.74) is 1.65. The first-order chi connectivity index (χ1) is 14.7. The van der Waals surface area contributed by atoms with Gasteiger partial charge in [0.05, 0.1) is 17.7 Å². The van der Waals surface area contributed by atoms with E-state index in [-0.39, 0.29) is 24.8 Å². The van der Waals surface area contributed by atoms with E-state index in [0.29, 0.717) is 12.1 Å². The van der Waals surface area contributed by atoms with E-state index in [9.17, 15) is 23.1 Å². The first-order valence-corrected chi connectivity index (χ1v) is 9.68. The van der Waals surface area contributed by atoms with Crippen LogP contribution < -0.4 is 4.74 Å². The van der Waals surface area contributed by atoms with E-state index in [2.05, 4.69) is 4.98 Å². The lowest BCUT2D eigenvalue weighted by Gasteiger charge is -2.26. The van der Waals surface area contributed by atoms with Crippen molar-refractivity contribution in [1.82, 2.24) is 9.88 Å². The zero-order chi connectivity index (χ0) is 22.4. The molecule has 1 aromatic heterocycles. The van der Waals surface area contributed by atoms with Gasteiger partial charge >= 0.3 is 6.18 Å². The number of nitrogens with one attached hydrogen (secondary N) is 1. The fourth-order valence-corrected chi connectivity index (χ4v) is 3.09. The Hall–Kier alpha value is -3.26. The van der Waals surface area contributed by atoms with Crippen molar-refractivity contribution in [2.45, 2.75) is 25.7 Å². The summed E-state index contributed by atoms with van der Waals surface area (Å²) in [6.45, 7) is 2.07. The van der Waals surface area contributed by atoms with Gasteiger partial charge in [-0.2, -0.15) is 13.2 Å². The molecule has 1 unspecified atom stereocenters. The molecule has 0 saturated carbocycles. The van der Waals surface area contributed by atoms with Gasteiger partial charge in [-0.05, 0) is 48.4 Å². The van der Waals surface area contributed by atoms with Crippen LogP contribution in [0.5, 0.6) is 5.75 Å². The van der Waals surface area contributed by atoms with Crippen LogP contribution in [-0.4, -0.2) is 40.2 Å². The summed E-state index contributed by atoms with van der Waals surface area (Å²) >= 11 is 0. The van der Waals surface area contributed by atoms with Crippen LogP contribution in [0.15, 0.2) is 67.0 Å². The number of aromatic nitrogens is 1. The van der Waals surface area contributed by atoms with E-state index in [1.54, 1.807) is 18.5 Å². The number of rotatable bonds is 8. The standard InChI is InChI=1S/C23H23F3N2O3/c1-16-4-2-3-5-18(16)13-28(22(30)17-10-11-27-12-17)14-20(29)15-31-21-8-6-19(7-9-21)23(24,25)26/h2-12,20,27,29H,13-15H2,1H3. The van der Waals surface area contributed by atoms with Crippen LogP contribution in [0.3, 0.4) is 0 Å². The molecule has 5 nitrogen and oxygen atoms in total. The third kappa shape index (κ3) is 6.11. The van der Waals surface area contributed by atoms with Crippen LogP contribution in [-0.2, 0) is 12.7 Å². The largest absolute Gasteiger partial charge is 0.491 e. The third-order valence-corrected chi connectivity index (χ3v) is 4.81. The Balaban J connectivity index is 1.65. The molecule has 0 saturated heterocycles. The average Bonchev–Trinajstić information content (AvgIpc) is 3.27. The van der Waals surface area contributed by atoms with E-state index < -0.39 is 17.8 Å². The molecular weight excluding hydrogens is 409 g/mol. The Morgan fingerprint density at radius 3 is 2.45 bits per heavy atom. The quantitative estimate of drug-likeness (QED) is 0.554. The lowest BCUT2D eigenvalue weighted by molar-refractivity contribution is -0.137. The molecule has 0 bridgehead atoms. The lowest BCUT2D eigenvalue weighted by Crippen LogP contribution is -2.39. The number of benzene rings is 2. The van der Waals surface area contributed by atoms with Gasteiger partial charge in [0, 0.05) is 18.9 Å². The molecule has 0 fully saturated rings. The molecule has 2 aromatic carbocycles. The second kappa shape index (κ2) is 9.70. The Bertz CT molecular complexity index is 986. The van der Waals surface area contributed by atoms with Crippen molar-refractivity contribution < 1.29 is 27.8 Å². The van der Waals surface area contributed by atoms with Gasteiger partial charge in [0.25, 0.3) is 5.91 Å². The number of nitrogens with zero attached hydrogens (tertiary/aromatic N) is 1. The highest BCUT2D eigenvalue weighted by Gasteiger charge is 2.30. The van der Waals surface area contributed by atoms with Gasteiger partial charge in [-0.25, -0.2) is 0 Å². The lowest BCUT2D eigenvalue weighted by atomic mass is 10.1. The molecule has 0 aliphatic carbocycles. The Morgan fingerprint density at radius 2 is 1.84 bits per heavy atom. The van der Waals surface area contributed by atoms with Gasteiger partial charge in [-0.15, -0.1) is 0 Å². The van der Waals surface area contributed by atoms with E-state index in [0.717, 1.165) is 23.3 Å². The molecule has 31 heavy (non-hydrogen) atoms. The maximum Gasteiger partial charge on any atom is 0.416 e. The molecule has 3 rings (SSSR count). The van der Waals surface area contributed by atoms with Crippen LogP contribution in [0.4, 0.5) is 13.2 Å². The number of ether oxygens (including phenoxy) is 1. The number of carbonyl (C=O) groups is 1. The van der Waals surface area contributed by atoms with Crippen molar-refractivity contribution in [3.05, 3.63) is 89.2 Å². The second-order valence-corrected chi connectivity index (χ2v) is 7.20. The topological polar surface area (TPSA) is 65.6 Å². The predicted octanol–water partition coefficient (Wildman–Crippen LogP) is 4.42. The van der Waals surface area contributed by atoms with Gasteiger partial charge in [0.15, 0.2) is 0 Å². The molecule has 0 spiro atoms. The van der Waals surface area contributed by atoms with Crippen LogP contribution in [0.25, 0.3) is 0 Å². The number of carbonyl (C=O) groups excluding carboxylic acids is 1. The second-order valence-electron chi connectivity index (χ2n) is 7.20. The summed E-state index contributed by atoms with van der Waals surface area (Å²) in [6, 6.07) is 13.5. The summed E-state index contributed by atoms with van der Waals surface area (Å²) in [7, 11) is 0. The summed E-state index contributed by atoms with van der Waals surface area (Å²) in [6.07, 6.45) is -2.23. The van der Waals surface area contributed by atoms with Gasteiger partial charge in [0.1, 0.15) is 18.5 Å². The molecular formula is C23H23F3N2O3. The number of aromatic amines is 1. The normalized spacial score (nSPS) is 12.4. The minimum Gasteiger partial charge on any atom is -0.491 e. The van der Waals surface area contributed by atoms with Gasteiger partial charge in [0.2, 0.25) is 0 Å². The minimum atomic E-state index is -4.42. The highest BCUT2D eigenvalue weighted by atomic mass is 19.4. The molecule has 1 atom stereocenters. The number of aliphatic hydroxyl groups excluding tert-OH is 1. The fraction of sp³-hybridized carbons (Fsp3) is 0.261. The highest BCUT2D eigenvalue weighted by molar-refractivity contribution is 5.94. The summed E-state index contributed by atoms with van der Waals surface area (Å²) in [4.78, 5) is 17.3. The van der Waals surface area contributed by atoms with E-state index >= 15 is 0 Å². The molecule has 0 aliphatic heterocycles. The number of amides is 1. The maximum atomic E-state index is 12.9. The average molecular weight is 432 g/mol. The van der Waals surface area contributed by atoms with Gasteiger partial charge in [-0.3, -0.25) is 4.79 Å². The van der Waals surface area contributed by atoms with E-state index in [1.807, 2.05) is 31.2 Å². The Morgan fingerprint density at radius 1 is 1.13 bits per heavy atom. The molecule has 2 N–H and O–H groups in total. The van der Waals surface area contributed by atoms with Crippen LogP contribution >= 0.6 is 0 Å². The molecule has 3 aromatic rings. The Labute approximate surface area is 178 Å². The molecule has 164 valence electrons. The third-order valence-electron chi connectivity index (χ3n) is 4.81. The molecule has 0 radical (unpaired) electrons. The zero-order valence-electron chi connectivity index (χ0n) is 16.9. The van der Waals surface area contributed by atoms with Crippen molar-refractivity contribution in [2.75, 3.05) is 13.2 Å². The SMILES string of the molecule is Cc1ccccc1CN(CC(O)COc1ccc(C(F)(F)F)cc1)C(=O)c1cc[nH]c1. The van der Waals surface area contributed by atoms with Crippen LogP contribution in [0.1, 0.15) is 27.0 Å². The van der Waals surface area contributed by atoms with Crippen molar-refractivity contribution in [2.24, 2.45) is 0 Å². The van der Waals surface area contributed by atoms with Crippen LogP contribution in [0.2, 0.25) is 0 Å². The minimum absolute atomic E-state index is 0.00101. The first-order valence-electron chi connectivity index (χ1n) is 9.68. The summed E-state index contributed by atoms with van der Waals surface area (Å²) in [5.74, 6) is -0.0486. The predicted molar refractivity (Wildman–Crippen MR) is 110 cm³/mol. The first kappa shape index (κ1) is 22.4. The number of hydrogen-bond donors (Lipinski definition) is 2. The smallest absolute Gasteiger partial charge is 0.416 e. The highest BCUT2D eigenvalue weighted by Crippen LogP contribution is 2.30. The Kier molecular flexibility index (Phi) is 7.02. The summed E-state index contributed by atoms with van der Waals surface area (Å²) in [5, 5.41) is 10.5. The number of halogens is 3. The number of alkyl halides is 3. The van der Waals surface area contributed by atoms with Crippen molar-refractivity contribution >= 4 is 5.91 Å². The van der Waals surface area contributed by atoms with Crippen LogP contribution in [0, 0.1) is 6.92 Å². The van der Waals surface area contributed by atoms with Crippen molar-refractivity contribution in [1.29, 1.82) is 0 Å². The van der Waals surface area contributed by atoms with Crippen molar-refractivity contribution in [3.63, 3.8) is 0 Å². The number of aryl methyl sites for hydroxylation is 1. The number of hydrogen-bond acceptors (Lipinski definition) is 3. The molecule has 8 heteroatoms. The molecule has 1 amide bonds. The van der Waals surface area contributed by atoms with Gasteiger partial charge < -0.3 is 19.7 Å². The monoisotopic (exact) mass is 432 g/mol. The maximum absolute atomic E-state index is 12.9. The summed E-state index contributed by atoms with van der Waals surface area (Å²) < 4.78 is 43.4. The zero-order valence-corrected chi connectivity index (χ0v) is 16.9.